The molecule has 1 aromatic rings. The second-order valence-electron chi connectivity index (χ2n) is 2.51. The van der Waals surface area contributed by atoms with E-state index in [0.29, 0.717) is 0 Å². The Morgan fingerprint density at radius 1 is 1.47 bits per heavy atom. The maximum atomic E-state index is 12.3. The Hall–Kier alpha value is -0.950. The maximum absolute atomic E-state index is 12.3. The minimum atomic E-state index is -4.14. The van der Waals surface area contributed by atoms with Crippen LogP contribution >= 0.6 is 10.7 Å². The third-order valence-electron chi connectivity index (χ3n) is 1.50. The Labute approximate surface area is 89.3 Å². The Bertz CT molecular complexity index is 463. The van der Waals surface area contributed by atoms with E-state index in [4.69, 9.17) is 10.7 Å². The highest BCUT2D eigenvalue weighted by atomic mass is 35.7. The molecule has 0 unspecified atom stereocenters. The largest absolute Gasteiger partial charge is 0.497 e. The summed E-state index contributed by atoms with van der Waals surface area (Å²) in [7, 11) is 2.05. The molecule has 84 valence electrons. The predicted octanol–water partition coefficient (Wildman–Crippen LogP) is 1.96. The minimum absolute atomic E-state index is 0.0421. The summed E-state index contributed by atoms with van der Waals surface area (Å²) in [6.45, 7) is 0. The van der Waals surface area contributed by atoms with Crippen molar-refractivity contribution < 1.29 is 21.9 Å². The van der Waals surface area contributed by atoms with Crippen LogP contribution in [0.25, 0.3) is 0 Å². The topological polar surface area (TPSA) is 56.3 Å². The smallest absolute Gasteiger partial charge is 0.280 e. The molecular formula is C7H6ClF2NO3S. The number of nitrogens with zero attached hydrogens (tertiary/aromatic N) is 1. The molecule has 8 heteroatoms. The zero-order valence-electron chi connectivity index (χ0n) is 7.45. The monoisotopic (exact) mass is 257 g/mol. The first kappa shape index (κ1) is 12.1. The summed E-state index contributed by atoms with van der Waals surface area (Å²) in [5.41, 5.74) is -0.700. The number of hydrogen-bond acceptors (Lipinski definition) is 4. The number of pyridine rings is 1. The van der Waals surface area contributed by atoms with Gasteiger partial charge in [0.25, 0.3) is 15.5 Å². The molecule has 4 nitrogen and oxygen atoms in total. The number of hydrogen-bond donors (Lipinski definition) is 0. The van der Waals surface area contributed by atoms with Crippen LogP contribution in [-0.4, -0.2) is 20.5 Å². The van der Waals surface area contributed by atoms with Crippen molar-refractivity contribution in [3.05, 3.63) is 17.8 Å². The zero-order valence-corrected chi connectivity index (χ0v) is 9.02. The van der Waals surface area contributed by atoms with E-state index in [1.807, 2.05) is 0 Å². The molecule has 0 N–H and O–H groups in total. The highest BCUT2D eigenvalue weighted by Crippen LogP contribution is 2.25. The Kier molecular flexibility index (Phi) is 3.46. The summed E-state index contributed by atoms with van der Waals surface area (Å²) in [6, 6.07) is 1.91. The molecular weight excluding hydrogens is 252 g/mol. The van der Waals surface area contributed by atoms with Gasteiger partial charge in [-0.3, -0.25) is 0 Å². The lowest BCUT2D eigenvalue weighted by Crippen LogP contribution is -2.01. The minimum Gasteiger partial charge on any atom is -0.497 e. The van der Waals surface area contributed by atoms with Gasteiger partial charge in [-0.05, 0) is 0 Å². The molecule has 1 heterocycles. The zero-order chi connectivity index (χ0) is 11.6. The first-order chi connectivity index (χ1) is 6.84. The highest BCUT2D eigenvalue weighted by Gasteiger charge is 2.18. The Morgan fingerprint density at radius 3 is 2.47 bits per heavy atom. The molecule has 1 aromatic heterocycles. The second kappa shape index (κ2) is 4.28. The molecule has 0 atom stereocenters. The predicted molar refractivity (Wildman–Crippen MR) is 48.8 cm³/mol. The molecule has 0 spiro atoms. The van der Waals surface area contributed by atoms with E-state index in [9.17, 15) is 17.2 Å². The van der Waals surface area contributed by atoms with Crippen LogP contribution in [0.3, 0.4) is 0 Å². The van der Waals surface area contributed by atoms with Gasteiger partial charge in [0.15, 0.2) is 5.03 Å². The van der Waals surface area contributed by atoms with E-state index in [1.54, 1.807) is 0 Å². The van der Waals surface area contributed by atoms with Gasteiger partial charge in [-0.2, -0.15) is 0 Å². The number of methoxy groups -OCH3 is 1. The fourth-order valence-electron chi connectivity index (χ4n) is 0.855. The number of halogens is 3. The number of aromatic nitrogens is 1. The van der Waals surface area contributed by atoms with Gasteiger partial charge >= 0.3 is 0 Å². The molecule has 0 bridgehead atoms. The van der Waals surface area contributed by atoms with Crippen LogP contribution in [0.15, 0.2) is 17.2 Å². The van der Waals surface area contributed by atoms with Crippen LogP contribution in [-0.2, 0) is 9.05 Å². The number of ether oxygens (including phenoxy) is 1. The van der Waals surface area contributed by atoms with E-state index in [2.05, 4.69) is 9.72 Å². The van der Waals surface area contributed by atoms with Crippen LogP contribution in [0.4, 0.5) is 8.78 Å². The molecule has 0 fully saturated rings. The van der Waals surface area contributed by atoms with Crippen molar-refractivity contribution in [2.75, 3.05) is 7.11 Å². The standard InChI is InChI=1S/C7H6ClF2NO3S/c1-14-4-2-5(7(9)10)11-6(3-4)15(8,12)13/h2-3,7H,1H3. The molecule has 15 heavy (non-hydrogen) atoms. The fourth-order valence-corrected chi connectivity index (χ4v) is 1.56. The summed E-state index contributed by atoms with van der Waals surface area (Å²) in [5, 5.41) is -0.654. The fraction of sp³-hybridized carbons (Fsp3) is 0.286. The summed E-state index contributed by atoms with van der Waals surface area (Å²) in [6.07, 6.45) is -2.89. The quantitative estimate of drug-likeness (QED) is 0.777. The van der Waals surface area contributed by atoms with Gasteiger partial charge in [-0.25, -0.2) is 22.2 Å². The first-order valence-corrected chi connectivity index (χ1v) is 5.94. The van der Waals surface area contributed by atoms with Gasteiger partial charge < -0.3 is 4.74 Å². The molecule has 1 rings (SSSR count). The molecule has 0 aliphatic carbocycles. The lowest BCUT2D eigenvalue weighted by Gasteiger charge is -2.05. The molecule has 0 saturated carbocycles. The molecule has 0 radical (unpaired) electrons. The van der Waals surface area contributed by atoms with E-state index in [1.165, 1.54) is 7.11 Å². The van der Waals surface area contributed by atoms with Crippen LogP contribution in [0, 0.1) is 0 Å². The first-order valence-electron chi connectivity index (χ1n) is 3.63. The molecule has 0 aromatic carbocycles. The van der Waals surface area contributed by atoms with E-state index in [0.717, 1.165) is 12.1 Å². The van der Waals surface area contributed by atoms with Crippen molar-refractivity contribution >= 4 is 19.7 Å². The van der Waals surface area contributed by atoms with Crippen molar-refractivity contribution in [3.8, 4) is 5.75 Å². The summed E-state index contributed by atoms with van der Waals surface area (Å²) in [4.78, 5) is 3.20. The van der Waals surface area contributed by atoms with Crippen molar-refractivity contribution in [2.45, 2.75) is 11.5 Å². The third-order valence-corrected chi connectivity index (χ3v) is 2.69. The van der Waals surface area contributed by atoms with Crippen LogP contribution in [0.1, 0.15) is 12.1 Å². The van der Waals surface area contributed by atoms with E-state index < -0.39 is 26.2 Å². The van der Waals surface area contributed by atoms with Gasteiger partial charge in [0.1, 0.15) is 11.4 Å². The number of alkyl halides is 2. The van der Waals surface area contributed by atoms with Gasteiger partial charge in [0.2, 0.25) is 0 Å². The van der Waals surface area contributed by atoms with Gasteiger partial charge in [0, 0.05) is 22.8 Å². The molecule has 0 saturated heterocycles. The normalized spacial score (nSPS) is 11.8. The average molecular weight is 258 g/mol. The average Bonchev–Trinajstić information content (AvgIpc) is 2.15. The second-order valence-corrected chi connectivity index (χ2v) is 5.02. The van der Waals surface area contributed by atoms with Crippen molar-refractivity contribution in [1.82, 2.24) is 4.98 Å². The Balaban J connectivity index is 3.36. The van der Waals surface area contributed by atoms with Crippen molar-refractivity contribution in [1.29, 1.82) is 0 Å². The van der Waals surface area contributed by atoms with Crippen molar-refractivity contribution in [3.63, 3.8) is 0 Å². The SMILES string of the molecule is COc1cc(C(F)F)nc(S(=O)(=O)Cl)c1. The van der Waals surface area contributed by atoms with Gasteiger partial charge in [-0.1, -0.05) is 0 Å². The van der Waals surface area contributed by atoms with E-state index >= 15 is 0 Å². The Morgan fingerprint density at radius 2 is 2.07 bits per heavy atom. The summed E-state index contributed by atoms with van der Waals surface area (Å²) in [5.74, 6) is -0.0421. The molecule has 0 amide bonds. The lowest BCUT2D eigenvalue weighted by molar-refractivity contribution is 0.145. The summed E-state index contributed by atoms with van der Waals surface area (Å²) >= 11 is 0. The van der Waals surface area contributed by atoms with Gasteiger partial charge in [-0.15, -0.1) is 0 Å². The number of rotatable bonds is 3. The summed E-state index contributed by atoms with van der Waals surface area (Å²) < 4.78 is 51.0. The third kappa shape index (κ3) is 3.00. The van der Waals surface area contributed by atoms with Crippen LogP contribution in [0.2, 0.25) is 0 Å². The lowest BCUT2D eigenvalue weighted by atomic mass is 10.3. The van der Waals surface area contributed by atoms with Crippen molar-refractivity contribution in [2.24, 2.45) is 0 Å². The molecule has 0 aliphatic heterocycles. The molecule has 0 aliphatic rings. The highest BCUT2D eigenvalue weighted by molar-refractivity contribution is 8.13. The van der Waals surface area contributed by atoms with Gasteiger partial charge in [0.05, 0.1) is 7.11 Å². The van der Waals surface area contributed by atoms with Crippen LogP contribution in [0.5, 0.6) is 5.75 Å². The van der Waals surface area contributed by atoms with Crippen LogP contribution < -0.4 is 4.74 Å². The maximum Gasteiger partial charge on any atom is 0.280 e. The van der Waals surface area contributed by atoms with E-state index in [-0.39, 0.29) is 5.75 Å².